The van der Waals surface area contributed by atoms with Gasteiger partial charge in [0, 0.05) is 28.4 Å². The number of halogens is 1. The van der Waals surface area contributed by atoms with Gasteiger partial charge in [0.2, 0.25) is 0 Å². The molecule has 1 aliphatic rings. The van der Waals surface area contributed by atoms with Crippen molar-refractivity contribution in [2.75, 3.05) is 25.5 Å². The number of anilines is 1. The number of likely N-dealkylation sites (tertiary alicyclic amines) is 1. The molecule has 0 spiro atoms. The lowest BCUT2D eigenvalue weighted by molar-refractivity contribution is 0.187. The minimum Gasteiger partial charge on any atom is -0.606 e. The fourth-order valence-corrected chi connectivity index (χ4v) is 5.44. The summed E-state index contributed by atoms with van der Waals surface area (Å²) in [6, 6.07) is 17.1. The summed E-state index contributed by atoms with van der Waals surface area (Å²) < 4.78 is 17.5. The summed E-state index contributed by atoms with van der Waals surface area (Å²) in [5.41, 5.74) is 4.05. The predicted molar refractivity (Wildman–Crippen MR) is 135 cm³/mol. The Morgan fingerprint density at radius 2 is 1.76 bits per heavy atom. The third kappa shape index (κ3) is 6.10. The second kappa shape index (κ2) is 11.2. The Morgan fingerprint density at radius 1 is 1.15 bits per heavy atom. The van der Waals surface area contributed by atoms with Crippen molar-refractivity contribution in [3.63, 3.8) is 0 Å². The number of pyridine rings is 1. The lowest BCUT2D eigenvalue weighted by Gasteiger charge is -2.32. The van der Waals surface area contributed by atoms with Crippen molar-refractivity contribution >= 4 is 34.6 Å². The van der Waals surface area contributed by atoms with Gasteiger partial charge in [-0.2, -0.15) is 0 Å². The minimum absolute atomic E-state index is 0.410. The molecular weight excluding hydrogens is 470 g/mol. The number of hydrogen-bond acceptors (Lipinski definition) is 5. The van der Waals surface area contributed by atoms with Gasteiger partial charge in [0.15, 0.2) is 9.79 Å². The van der Waals surface area contributed by atoms with Crippen molar-refractivity contribution < 1.29 is 14.1 Å². The molecule has 1 saturated heterocycles. The monoisotopic (exact) mass is 497 g/mol. The van der Waals surface area contributed by atoms with Crippen molar-refractivity contribution in [2.45, 2.75) is 42.0 Å². The van der Waals surface area contributed by atoms with Crippen LogP contribution in [-0.4, -0.2) is 40.7 Å². The van der Waals surface area contributed by atoms with Crippen LogP contribution >= 0.6 is 11.6 Å². The zero-order valence-corrected chi connectivity index (χ0v) is 20.9. The molecule has 34 heavy (non-hydrogen) atoms. The van der Waals surface area contributed by atoms with Gasteiger partial charge in [-0.3, -0.25) is 15.2 Å². The van der Waals surface area contributed by atoms with E-state index in [-0.39, 0.29) is 0 Å². The van der Waals surface area contributed by atoms with E-state index >= 15 is 0 Å². The number of piperidine rings is 1. The number of ether oxygens (including phenoxy) is 1. The molecular formula is C26H28ClN3O3S. The van der Waals surface area contributed by atoms with Crippen LogP contribution in [0.15, 0.2) is 70.6 Å². The smallest absolute Gasteiger partial charge is 0.411 e. The van der Waals surface area contributed by atoms with E-state index in [0.717, 1.165) is 48.0 Å². The molecule has 1 aromatic heterocycles. The standard InChI is InChI=1S/C26H28ClN3O3S/c1-18-25(15-22(16-28-18)29-26(31)33-2)20-11-13-30(14-12-20)17-19-3-7-23(8-4-19)34(32)24-9-5-21(27)6-10-24/h3-10,15-16,20H,11-14,17H2,1-2H3,(H,29,31). The zero-order valence-electron chi connectivity index (χ0n) is 19.3. The van der Waals surface area contributed by atoms with Gasteiger partial charge in [-0.05, 0) is 92.4 Å². The van der Waals surface area contributed by atoms with E-state index in [4.69, 9.17) is 11.6 Å². The van der Waals surface area contributed by atoms with E-state index in [2.05, 4.69) is 32.1 Å². The first-order valence-electron chi connectivity index (χ1n) is 11.2. The number of nitrogens with one attached hydrogen (secondary N) is 1. The van der Waals surface area contributed by atoms with Crippen LogP contribution in [0.5, 0.6) is 0 Å². The highest BCUT2D eigenvalue weighted by molar-refractivity contribution is 7.91. The third-order valence-corrected chi connectivity index (χ3v) is 7.81. The van der Waals surface area contributed by atoms with E-state index < -0.39 is 17.3 Å². The molecule has 4 rings (SSSR count). The summed E-state index contributed by atoms with van der Waals surface area (Å²) >= 11 is 4.71. The number of hydrogen-bond donors (Lipinski definition) is 1. The molecule has 1 N–H and O–H groups in total. The highest BCUT2D eigenvalue weighted by atomic mass is 35.5. The molecule has 3 aromatic rings. The average molecular weight is 498 g/mol. The second-order valence-electron chi connectivity index (χ2n) is 8.43. The maximum atomic E-state index is 12.8. The van der Waals surface area contributed by atoms with Crippen molar-refractivity contribution in [3.8, 4) is 0 Å². The number of carbonyl (C=O) groups excluding carboxylic acids is 1. The van der Waals surface area contributed by atoms with E-state index in [0.29, 0.717) is 16.6 Å². The molecule has 1 fully saturated rings. The number of amides is 1. The number of aromatic nitrogens is 1. The van der Waals surface area contributed by atoms with Gasteiger partial charge < -0.3 is 9.29 Å². The maximum absolute atomic E-state index is 12.8. The van der Waals surface area contributed by atoms with Crippen LogP contribution in [-0.2, 0) is 22.5 Å². The van der Waals surface area contributed by atoms with E-state index in [9.17, 15) is 9.35 Å². The molecule has 0 saturated carbocycles. The maximum Gasteiger partial charge on any atom is 0.411 e. The molecule has 0 aliphatic carbocycles. The molecule has 0 bridgehead atoms. The first kappa shape index (κ1) is 24.5. The summed E-state index contributed by atoms with van der Waals surface area (Å²) in [6.45, 7) is 4.84. The van der Waals surface area contributed by atoms with Crippen molar-refractivity contribution in [1.29, 1.82) is 0 Å². The van der Waals surface area contributed by atoms with Crippen LogP contribution in [0.4, 0.5) is 10.5 Å². The van der Waals surface area contributed by atoms with Crippen LogP contribution in [0.1, 0.15) is 35.6 Å². The number of benzene rings is 2. The van der Waals surface area contributed by atoms with E-state index in [1.165, 1.54) is 18.2 Å². The van der Waals surface area contributed by atoms with Crippen molar-refractivity contribution in [2.24, 2.45) is 0 Å². The van der Waals surface area contributed by atoms with Crippen LogP contribution in [0.25, 0.3) is 0 Å². The van der Waals surface area contributed by atoms with E-state index in [1.807, 2.05) is 25.1 Å². The lowest BCUT2D eigenvalue weighted by Crippen LogP contribution is -2.32. The van der Waals surface area contributed by atoms with Crippen LogP contribution in [0, 0.1) is 6.92 Å². The van der Waals surface area contributed by atoms with Gasteiger partial charge >= 0.3 is 6.09 Å². The summed E-state index contributed by atoms with van der Waals surface area (Å²) in [5, 5.41) is 3.34. The summed E-state index contributed by atoms with van der Waals surface area (Å²) in [5.74, 6) is 0.410. The SMILES string of the molecule is COC(=O)Nc1cnc(C)c(C2CCN(Cc3ccc([S+]([O-])c4ccc(Cl)cc4)cc3)CC2)c1. The highest BCUT2D eigenvalue weighted by Gasteiger charge is 2.23. The summed E-state index contributed by atoms with van der Waals surface area (Å²) in [4.78, 5) is 20.0. The van der Waals surface area contributed by atoms with Crippen LogP contribution in [0.3, 0.4) is 0 Å². The van der Waals surface area contributed by atoms with Gasteiger partial charge in [-0.25, -0.2) is 4.79 Å². The predicted octanol–water partition coefficient (Wildman–Crippen LogP) is 5.77. The van der Waals surface area contributed by atoms with Gasteiger partial charge in [0.25, 0.3) is 0 Å². The number of rotatable bonds is 6. The lowest BCUT2D eigenvalue weighted by atomic mass is 9.88. The normalized spacial score (nSPS) is 15.6. The Labute approximate surface area is 208 Å². The number of carbonyl (C=O) groups is 1. The van der Waals surface area contributed by atoms with Crippen LogP contribution in [0.2, 0.25) is 5.02 Å². The van der Waals surface area contributed by atoms with Crippen molar-refractivity contribution in [1.82, 2.24) is 9.88 Å². The topological polar surface area (TPSA) is 77.5 Å². The Hall–Kier alpha value is -2.58. The highest BCUT2D eigenvalue weighted by Crippen LogP contribution is 2.32. The average Bonchev–Trinajstić information content (AvgIpc) is 2.86. The third-order valence-electron chi connectivity index (χ3n) is 6.16. The van der Waals surface area contributed by atoms with Crippen molar-refractivity contribution in [3.05, 3.63) is 82.6 Å². The molecule has 1 amide bonds. The fraction of sp³-hybridized carbons (Fsp3) is 0.308. The van der Waals surface area contributed by atoms with E-state index in [1.54, 1.807) is 30.5 Å². The van der Waals surface area contributed by atoms with Gasteiger partial charge in [-0.15, -0.1) is 0 Å². The first-order chi connectivity index (χ1) is 16.4. The molecule has 2 heterocycles. The molecule has 0 radical (unpaired) electrons. The van der Waals surface area contributed by atoms with Crippen LogP contribution < -0.4 is 5.32 Å². The molecule has 178 valence electrons. The second-order valence-corrected chi connectivity index (χ2v) is 10.3. The zero-order chi connectivity index (χ0) is 24.1. The Morgan fingerprint density at radius 3 is 2.38 bits per heavy atom. The molecule has 6 nitrogen and oxygen atoms in total. The largest absolute Gasteiger partial charge is 0.606 e. The molecule has 1 unspecified atom stereocenters. The minimum atomic E-state index is -1.22. The first-order valence-corrected chi connectivity index (χ1v) is 12.8. The molecule has 1 aliphatic heterocycles. The quantitative estimate of drug-likeness (QED) is 0.437. The Kier molecular flexibility index (Phi) is 8.11. The van der Waals surface area contributed by atoms with Gasteiger partial charge in [0.05, 0.1) is 19.0 Å². The summed E-state index contributed by atoms with van der Waals surface area (Å²) in [7, 11) is 1.35. The molecule has 8 heteroatoms. The Bertz CT molecular complexity index is 1120. The van der Waals surface area contributed by atoms with Gasteiger partial charge in [0.1, 0.15) is 0 Å². The molecule has 1 atom stereocenters. The molecule has 2 aromatic carbocycles. The Balaban J connectivity index is 1.33. The fourth-order valence-electron chi connectivity index (χ4n) is 4.27. The van der Waals surface area contributed by atoms with Gasteiger partial charge in [-0.1, -0.05) is 23.7 Å². The number of methoxy groups -OCH3 is 1. The number of nitrogens with zero attached hydrogens (tertiary/aromatic N) is 2. The summed E-state index contributed by atoms with van der Waals surface area (Å²) in [6.07, 6.45) is 3.23. The number of aryl methyl sites for hydroxylation is 1.